The molecule has 0 bridgehead atoms. The van der Waals surface area contributed by atoms with Crippen LogP contribution >= 0.6 is 0 Å². The maximum Gasteiger partial charge on any atom is 0.344 e. The van der Waals surface area contributed by atoms with Crippen LogP contribution in [0.25, 0.3) is 6.08 Å². The molecule has 1 fully saturated rings. The molecule has 0 spiro atoms. The van der Waals surface area contributed by atoms with Crippen molar-refractivity contribution in [2.75, 3.05) is 26.8 Å². The second-order valence-corrected chi connectivity index (χ2v) is 7.84. The molecule has 0 unspecified atom stereocenters. The summed E-state index contributed by atoms with van der Waals surface area (Å²) in [6.07, 6.45) is 6.54. The fourth-order valence-corrected chi connectivity index (χ4v) is 4.10. The van der Waals surface area contributed by atoms with E-state index in [2.05, 4.69) is 9.47 Å². The number of hydrogen-bond donors (Lipinski definition) is 0. The van der Waals surface area contributed by atoms with Crippen LogP contribution in [0.5, 0.6) is 0 Å². The van der Waals surface area contributed by atoms with Gasteiger partial charge in [0.05, 0.1) is 12.0 Å². The van der Waals surface area contributed by atoms with Gasteiger partial charge in [-0.1, -0.05) is 25.0 Å². The lowest BCUT2D eigenvalue weighted by Gasteiger charge is -2.19. The minimum absolute atomic E-state index is 0.241. The second kappa shape index (κ2) is 9.49. The molecule has 0 saturated carbocycles. The molecule has 1 saturated heterocycles. The van der Waals surface area contributed by atoms with Crippen LogP contribution in [0.1, 0.15) is 31.2 Å². The number of carbonyl (C=O) groups is 2. The first-order valence-electron chi connectivity index (χ1n) is 8.45. The van der Waals surface area contributed by atoms with Crippen molar-refractivity contribution >= 4 is 28.0 Å². The number of nitrogens with zero attached hydrogens (tertiary/aromatic N) is 1. The summed E-state index contributed by atoms with van der Waals surface area (Å²) in [6.45, 7) is 0.652. The highest BCUT2D eigenvalue weighted by Gasteiger charge is 2.24. The van der Waals surface area contributed by atoms with E-state index in [1.165, 1.54) is 35.7 Å². The topological polar surface area (TPSA) is 90.0 Å². The molecule has 0 atom stereocenters. The number of esters is 2. The molecular formula is C18H23NO6S. The number of hydrogen-bond acceptors (Lipinski definition) is 6. The highest BCUT2D eigenvalue weighted by Crippen LogP contribution is 2.20. The average Bonchev–Trinajstić information content (AvgIpc) is 2.94. The maximum atomic E-state index is 12.7. The van der Waals surface area contributed by atoms with Crippen molar-refractivity contribution in [3.05, 3.63) is 35.9 Å². The largest absolute Gasteiger partial charge is 0.466 e. The highest BCUT2D eigenvalue weighted by atomic mass is 32.2. The zero-order valence-electron chi connectivity index (χ0n) is 14.7. The summed E-state index contributed by atoms with van der Waals surface area (Å²) in [4.78, 5) is 22.6. The van der Waals surface area contributed by atoms with Gasteiger partial charge in [0, 0.05) is 19.2 Å². The summed E-state index contributed by atoms with van der Waals surface area (Å²) in [5, 5.41) is 0. The molecule has 0 N–H and O–H groups in total. The Kier molecular flexibility index (Phi) is 7.35. The van der Waals surface area contributed by atoms with Crippen molar-refractivity contribution in [3.8, 4) is 0 Å². The number of sulfonamides is 1. The summed E-state index contributed by atoms with van der Waals surface area (Å²) in [5.74, 6) is -1.33. The van der Waals surface area contributed by atoms with Gasteiger partial charge in [-0.2, -0.15) is 4.31 Å². The first kappa shape index (κ1) is 20.1. The predicted molar refractivity (Wildman–Crippen MR) is 95.7 cm³/mol. The predicted octanol–water partition coefficient (Wildman–Crippen LogP) is 1.98. The molecule has 2 rings (SSSR count). The molecule has 0 aliphatic carbocycles. The Morgan fingerprint density at radius 2 is 1.69 bits per heavy atom. The van der Waals surface area contributed by atoms with Crippen molar-refractivity contribution in [3.63, 3.8) is 0 Å². The zero-order valence-corrected chi connectivity index (χ0v) is 15.5. The van der Waals surface area contributed by atoms with Gasteiger partial charge in [0.2, 0.25) is 10.0 Å². The van der Waals surface area contributed by atoms with Gasteiger partial charge in [0.25, 0.3) is 0 Å². The van der Waals surface area contributed by atoms with E-state index in [4.69, 9.17) is 0 Å². The van der Waals surface area contributed by atoms with Crippen LogP contribution in [-0.4, -0.2) is 51.5 Å². The maximum absolute atomic E-state index is 12.7. The quantitative estimate of drug-likeness (QED) is 0.553. The molecule has 1 aromatic rings. The van der Waals surface area contributed by atoms with Gasteiger partial charge in [0.1, 0.15) is 0 Å². The van der Waals surface area contributed by atoms with Crippen LogP contribution in [0, 0.1) is 0 Å². The number of methoxy groups -OCH3 is 1. The Bertz CT molecular complexity index is 746. The molecule has 1 aliphatic heterocycles. The molecule has 142 valence electrons. The zero-order chi connectivity index (χ0) is 19.0. The molecule has 1 heterocycles. The Morgan fingerprint density at radius 1 is 1.08 bits per heavy atom. The van der Waals surface area contributed by atoms with E-state index in [0.717, 1.165) is 25.7 Å². The molecule has 1 aliphatic rings. The summed E-state index contributed by atoms with van der Waals surface area (Å²) < 4.78 is 36.0. The Balaban J connectivity index is 1.99. The normalized spacial score (nSPS) is 16.2. The average molecular weight is 381 g/mol. The first-order valence-corrected chi connectivity index (χ1v) is 9.89. The summed E-state index contributed by atoms with van der Waals surface area (Å²) >= 11 is 0. The molecule has 0 aromatic heterocycles. The molecule has 0 radical (unpaired) electrons. The SMILES string of the molecule is COC(=O)COC(=O)/C=C/c1ccc(S(=O)(=O)N2CCCCCC2)cc1. The fourth-order valence-electron chi connectivity index (χ4n) is 2.58. The lowest BCUT2D eigenvalue weighted by atomic mass is 10.2. The third-order valence-electron chi connectivity index (χ3n) is 4.05. The molecular weight excluding hydrogens is 358 g/mol. The minimum Gasteiger partial charge on any atom is -0.466 e. The van der Waals surface area contributed by atoms with Gasteiger partial charge in [-0.05, 0) is 36.6 Å². The van der Waals surface area contributed by atoms with E-state index in [9.17, 15) is 18.0 Å². The van der Waals surface area contributed by atoms with E-state index in [0.29, 0.717) is 18.7 Å². The van der Waals surface area contributed by atoms with E-state index >= 15 is 0 Å². The Hall–Kier alpha value is -2.19. The number of carbonyl (C=O) groups excluding carboxylic acids is 2. The van der Waals surface area contributed by atoms with E-state index in [1.807, 2.05) is 0 Å². The molecule has 26 heavy (non-hydrogen) atoms. The van der Waals surface area contributed by atoms with E-state index in [1.54, 1.807) is 12.1 Å². The smallest absolute Gasteiger partial charge is 0.344 e. The van der Waals surface area contributed by atoms with Gasteiger partial charge in [0.15, 0.2) is 6.61 Å². The third-order valence-corrected chi connectivity index (χ3v) is 5.97. The van der Waals surface area contributed by atoms with Gasteiger partial charge in [-0.3, -0.25) is 0 Å². The first-order chi connectivity index (χ1) is 12.4. The van der Waals surface area contributed by atoms with Crippen molar-refractivity contribution in [2.24, 2.45) is 0 Å². The van der Waals surface area contributed by atoms with Gasteiger partial charge in [-0.15, -0.1) is 0 Å². The fraction of sp³-hybridized carbons (Fsp3) is 0.444. The van der Waals surface area contributed by atoms with E-state index < -0.39 is 28.6 Å². The van der Waals surface area contributed by atoms with E-state index in [-0.39, 0.29) is 4.90 Å². The number of ether oxygens (including phenoxy) is 2. The Morgan fingerprint density at radius 3 is 2.27 bits per heavy atom. The summed E-state index contributed by atoms with van der Waals surface area (Å²) in [6, 6.07) is 6.29. The standard InChI is InChI=1S/C18H23NO6S/c1-24-18(21)14-25-17(20)11-8-15-6-9-16(10-7-15)26(22,23)19-12-4-2-3-5-13-19/h6-11H,2-5,12-14H2,1H3/b11-8+. The lowest BCUT2D eigenvalue weighted by molar-refractivity contribution is -0.154. The van der Waals surface area contributed by atoms with Crippen molar-refractivity contribution in [1.82, 2.24) is 4.31 Å². The molecule has 8 heteroatoms. The summed E-state index contributed by atoms with van der Waals surface area (Å²) in [5.41, 5.74) is 0.648. The van der Waals surface area contributed by atoms with Gasteiger partial charge in [-0.25, -0.2) is 18.0 Å². The van der Waals surface area contributed by atoms with Crippen LogP contribution < -0.4 is 0 Å². The molecule has 7 nitrogen and oxygen atoms in total. The molecule has 0 amide bonds. The van der Waals surface area contributed by atoms with Crippen LogP contribution in [0.2, 0.25) is 0 Å². The Labute approximate surface area is 153 Å². The number of rotatable bonds is 6. The minimum atomic E-state index is -3.49. The third kappa shape index (κ3) is 5.67. The van der Waals surface area contributed by atoms with Gasteiger partial charge < -0.3 is 9.47 Å². The van der Waals surface area contributed by atoms with Crippen molar-refractivity contribution in [1.29, 1.82) is 0 Å². The van der Waals surface area contributed by atoms with Crippen LogP contribution in [0.3, 0.4) is 0 Å². The number of benzene rings is 1. The summed E-state index contributed by atoms with van der Waals surface area (Å²) in [7, 11) is -2.29. The molecule has 1 aromatic carbocycles. The van der Waals surface area contributed by atoms with Crippen LogP contribution in [-0.2, 0) is 29.1 Å². The second-order valence-electron chi connectivity index (χ2n) is 5.90. The van der Waals surface area contributed by atoms with Crippen molar-refractivity contribution < 1.29 is 27.5 Å². The monoisotopic (exact) mass is 381 g/mol. The highest BCUT2D eigenvalue weighted by molar-refractivity contribution is 7.89. The van der Waals surface area contributed by atoms with Crippen LogP contribution in [0.15, 0.2) is 35.2 Å². The van der Waals surface area contributed by atoms with Crippen LogP contribution in [0.4, 0.5) is 0 Å². The van der Waals surface area contributed by atoms with Gasteiger partial charge >= 0.3 is 11.9 Å². The van der Waals surface area contributed by atoms with Crippen molar-refractivity contribution in [2.45, 2.75) is 30.6 Å². The lowest BCUT2D eigenvalue weighted by Crippen LogP contribution is -2.31.